The number of piperidine rings is 1. The highest BCUT2D eigenvalue weighted by Gasteiger charge is 2.55. The highest BCUT2D eigenvalue weighted by Crippen LogP contribution is 2.45. The molecule has 1 atom stereocenters. The van der Waals surface area contributed by atoms with Crippen LogP contribution in [0.15, 0.2) is 66.7 Å². The molecule has 0 radical (unpaired) electrons. The first kappa shape index (κ1) is 25.2. The van der Waals surface area contributed by atoms with Crippen LogP contribution in [0, 0.1) is 16.0 Å². The topological polar surface area (TPSA) is 151 Å². The van der Waals surface area contributed by atoms with Gasteiger partial charge < -0.3 is 20.9 Å². The van der Waals surface area contributed by atoms with Gasteiger partial charge in [-0.3, -0.25) is 29.3 Å². The van der Waals surface area contributed by atoms with Crippen molar-refractivity contribution < 1.29 is 24.1 Å². The van der Waals surface area contributed by atoms with E-state index in [1.54, 1.807) is 30.3 Å². The van der Waals surface area contributed by atoms with Crippen LogP contribution >= 0.6 is 0 Å². The molecule has 1 fully saturated rings. The number of amides is 4. The van der Waals surface area contributed by atoms with Crippen molar-refractivity contribution in [1.29, 1.82) is 0 Å². The molecule has 0 aromatic heterocycles. The largest absolute Gasteiger partial charge is 0.338 e. The molecule has 202 valence electrons. The zero-order valence-electron chi connectivity index (χ0n) is 21.3. The Labute approximate surface area is 228 Å². The zero-order chi connectivity index (χ0) is 28.0. The van der Waals surface area contributed by atoms with Crippen LogP contribution in [0.1, 0.15) is 34.3 Å². The molecule has 3 heterocycles. The summed E-state index contributed by atoms with van der Waals surface area (Å²) in [5.74, 6) is -1.80. The van der Waals surface area contributed by atoms with E-state index in [9.17, 15) is 29.3 Å². The first-order valence-electron chi connectivity index (χ1n) is 13.0. The minimum Gasteiger partial charge on any atom is -0.338 e. The Kier molecular flexibility index (Phi) is 6.05. The molecular weight excluding hydrogens is 514 g/mol. The third-order valence-electron chi connectivity index (χ3n) is 7.98. The van der Waals surface area contributed by atoms with E-state index < -0.39 is 22.2 Å². The van der Waals surface area contributed by atoms with Gasteiger partial charge in [-0.2, -0.15) is 0 Å². The molecule has 3 N–H and O–H groups in total. The fraction of sp³-hybridized carbons (Fsp3) is 0.241. The maximum atomic E-state index is 13.1. The predicted molar refractivity (Wildman–Crippen MR) is 146 cm³/mol. The fourth-order valence-electron chi connectivity index (χ4n) is 5.81. The monoisotopic (exact) mass is 539 g/mol. The number of anilines is 3. The summed E-state index contributed by atoms with van der Waals surface area (Å²) in [7, 11) is 0. The van der Waals surface area contributed by atoms with Crippen molar-refractivity contribution in [3.8, 4) is 0 Å². The Bertz CT molecular complexity index is 1600. The summed E-state index contributed by atoms with van der Waals surface area (Å²) in [5.41, 5.74) is 1.49. The standard InChI is InChI=1S/C29H25N5O6/c35-25(17-11-13-33(14-12-17)26(36)20-6-2-4-8-24(20)34(39)40)30-19-9-10-21-23(15-19)32-28(38)29(21)16-18-5-1-3-7-22(18)31-27(29)37/h1-10,15,17H,11-14,16H2,(H,30,35)(H,31,37)(H,32,38). The van der Waals surface area contributed by atoms with E-state index in [0.29, 0.717) is 48.6 Å². The van der Waals surface area contributed by atoms with Crippen LogP contribution in [-0.2, 0) is 26.2 Å². The molecule has 1 spiro atoms. The second kappa shape index (κ2) is 9.60. The number of rotatable bonds is 4. The van der Waals surface area contributed by atoms with Crippen LogP contribution < -0.4 is 16.0 Å². The van der Waals surface area contributed by atoms with Gasteiger partial charge in [-0.05, 0) is 42.7 Å². The third-order valence-corrected chi connectivity index (χ3v) is 7.98. The molecule has 3 aliphatic heterocycles. The first-order chi connectivity index (χ1) is 19.3. The van der Waals surface area contributed by atoms with Gasteiger partial charge in [-0.15, -0.1) is 0 Å². The number of carbonyl (C=O) groups excluding carboxylic acids is 4. The zero-order valence-corrected chi connectivity index (χ0v) is 21.3. The molecule has 3 aromatic rings. The molecule has 0 saturated carbocycles. The van der Waals surface area contributed by atoms with Crippen LogP contribution in [0.3, 0.4) is 0 Å². The molecule has 3 aliphatic rings. The molecule has 0 aliphatic carbocycles. The maximum Gasteiger partial charge on any atom is 0.282 e. The number of hydrogen-bond donors (Lipinski definition) is 3. The highest BCUT2D eigenvalue weighted by molar-refractivity contribution is 6.25. The third kappa shape index (κ3) is 4.06. The van der Waals surface area contributed by atoms with Crippen molar-refractivity contribution in [3.05, 3.63) is 93.5 Å². The number of nitrogens with zero attached hydrogens (tertiary/aromatic N) is 2. The van der Waals surface area contributed by atoms with Gasteiger partial charge in [0.05, 0.1) is 4.92 Å². The summed E-state index contributed by atoms with van der Waals surface area (Å²) < 4.78 is 0. The van der Waals surface area contributed by atoms with Gasteiger partial charge in [0.15, 0.2) is 5.41 Å². The average molecular weight is 540 g/mol. The van der Waals surface area contributed by atoms with Crippen molar-refractivity contribution in [2.24, 2.45) is 5.92 Å². The number of likely N-dealkylation sites (tertiary alicyclic amines) is 1. The van der Waals surface area contributed by atoms with Gasteiger partial charge in [0.25, 0.3) is 11.6 Å². The van der Waals surface area contributed by atoms with E-state index in [1.807, 2.05) is 18.2 Å². The van der Waals surface area contributed by atoms with Crippen molar-refractivity contribution in [3.63, 3.8) is 0 Å². The predicted octanol–water partition coefficient (Wildman–Crippen LogP) is 3.47. The normalized spacial score (nSPS) is 19.9. The molecule has 3 aromatic carbocycles. The summed E-state index contributed by atoms with van der Waals surface area (Å²) in [6.07, 6.45) is 1.05. The van der Waals surface area contributed by atoms with Crippen molar-refractivity contribution in [1.82, 2.24) is 4.90 Å². The molecule has 40 heavy (non-hydrogen) atoms. The lowest BCUT2D eigenvalue weighted by Crippen LogP contribution is -2.50. The summed E-state index contributed by atoms with van der Waals surface area (Å²) in [5, 5.41) is 19.9. The Morgan fingerprint density at radius 1 is 0.925 bits per heavy atom. The molecule has 4 amide bonds. The Morgan fingerprint density at radius 3 is 2.35 bits per heavy atom. The Hall–Kier alpha value is -5.06. The summed E-state index contributed by atoms with van der Waals surface area (Å²) >= 11 is 0. The summed E-state index contributed by atoms with van der Waals surface area (Å²) in [6, 6.07) is 18.2. The van der Waals surface area contributed by atoms with E-state index >= 15 is 0 Å². The molecule has 1 saturated heterocycles. The average Bonchev–Trinajstić information content (AvgIpc) is 3.23. The number of nitrogens with one attached hydrogen (secondary N) is 3. The number of carbonyl (C=O) groups is 4. The number of hydrogen-bond acceptors (Lipinski definition) is 6. The minimum atomic E-state index is -1.38. The van der Waals surface area contributed by atoms with Gasteiger partial charge >= 0.3 is 0 Å². The van der Waals surface area contributed by atoms with Crippen molar-refractivity contribution >= 4 is 46.4 Å². The van der Waals surface area contributed by atoms with Gasteiger partial charge in [-0.25, -0.2) is 0 Å². The van der Waals surface area contributed by atoms with Crippen LogP contribution in [0.2, 0.25) is 0 Å². The smallest absolute Gasteiger partial charge is 0.282 e. The fourth-order valence-corrected chi connectivity index (χ4v) is 5.81. The van der Waals surface area contributed by atoms with E-state index in [1.165, 1.54) is 23.1 Å². The minimum absolute atomic E-state index is 0.0310. The first-order valence-corrected chi connectivity index (χ1v) is 13.0. The maximum absolute atomic E-state index is 13.1. The van der Waals surface area contributed by atoms with Gasteiger partial charge in [0.1, 0.15) is 5.56 Å². The number of benzene rings is 3. The highest BCUT2D eigenvalue weighted by atomic mass is 16.6. The molecule has 1 unspecified atom stereocenters. The number of fused-ring (bicyclic) bond motifs is 3. The van der Waals surface area contributed by atoms with Gasteiger partial charge in [-0.1, -0.05) is 36.4 Å². The van der Waals surface area contributed by atoms with E-state index in [4.69, 9.17) is 0 Å². The van der Waals surface area contributed by atoms with Crippen LogP contribution in [0.5, 0.6) is 0 Å². The molecule has 11 heteroatoms. The summed E-state index contributed by atoms with van der Waals surface area (Å²) in [4.78, 5) is 64.5. The van der Waals surface area contributed by atoms with E-state index in [0.717, 1.165) is 5.56 Å². The van der Waals surface area contributed by atoms with E-state index in [-0.39, 0.29) is 35.4 Å². The molecule has 0 bridgehead atoms. The van der Waals surface area contributed by atoms with Gasteiger partial charge in [0, 0.05) is 54.1 Å². The number of nitro benzene ring substituents is 1. The van der Waals surface area contributed by atoms with Crippen molar-refractivity contribution in [2.75, 3.05) is 29.0 Å². The van der Waals surface area contributed by atoms with Crippen LogP contribution in [-0.4, -0.2) is 46.5 Å². The van der Waals surface area contributed by atoms with Crippen LogP contribution in [0.4, 0.5) is 22.7 Å². The molecular formula is C29H25N5O6. The lowest BCUT2D eigenvalue weighted by atomic mass is 9.73. The van der Waals surface area contributed by atoms with Gasteiger partial charge in [0.2, 0.25) is 17.7 Å². The Balaban J connectivity index is 1.13. The lowest BCUT2D eigenvalue weighted by molar-refractivity contribution is -0.385. The lowest BCUT2D eigenvalue weighted by Gasteiger charge is -2.32. The molecule has 11 nitrogen and oxygen atoms in total. The summed E-state index contributed by atoms with van der Waals surface area (Å²) in [6.45, 7) is 0.588. The SMILES string of the molecule is O=C(Nc1ccc2c(c1)NC(=O)C21Cc2ccccc2NC1=O)C1CCN(C(=O)c2ccccc2[N+](=O)[O-])CC1. The number of nitro groups is 1. The Morgan fingerprint density at radius 2 is 1.60 bits per heavy atom. The van der Waals surface area contributed by atoms with E-state index in [2.05, 4.69) is 16.0 Å². The molecule has 6 rings (SSSR count). The van der Waals surface area contributed by atoms with Crippen molar-refractivity contribution in [2.45, 2.75) is 24.7 Å². The second-order valence-electron chi connectivity index (χ2n) is 10.2. The number of para-hydroxylation sites is 2. The van der Waals surface area contributed by atoms with Crippen LogP contribution in [0.25, 0.3) is 0 Å². The second-order valence-corrected chi connectivity index (χ2v) is 10.2. The quantitative estimate of drug-likeness (QED) is 0.262.